The van der Waals surface area contributed by atoms with Crippen LogP contribution < -0.4 is 7.66 Å². The van der Waals surface area contributed by atoms with Crippen LogP contribution in [0.15, 0.2) is 18.2 Å². The molecule has 0 fully saturated rings. The molecule has 2 nitrogen and oxygen atoms in total. The van der Waals surface area contributed by atoms with Crippen molar-refractivity contribution in [2.75, 3.05) is 0 Å². The van der Waals surface area contributed by atoms with Crippen LogP contribution in [-0.2, 0) is 0 Å². The molecule has 1 rings (SSSR count). The summed E-state index contributed by atoms with van der Waals surface area (Å²) in [6, 6.07) is 3.97. The first-order valence-corrected chi connectivity index (χ1v) is 3.93. The highest BCUT2D eigenvalue weighted by molar-refractivity contribution is 9.06. The number of benzene rings is 1. The van der Waals surface area contributed by atoms with E-state index < -0.39 is 5.82 Å². The Balaban J connectivity index is 3.02. The molecular formula is C6H3Br2FO2. The lowest BCUT2D eigenvalue weighted by atomic mass is 10.3. The Kier molecular flexibility index (Phi) is 3.14. The molecular weight excluding hydrogens is 283 g/mol. The molecule has 0 atom stereocenters. The summed E-state index contributed by atoms with van der Waals surface area (Å²) in [6.07, 6.45) is 0. The minimum Gasteiger partial charge on any atom is -0.418 e. The molecule has 1 aromatic rings. The van der Waals surface area contributed by atoms with E-state index in [2.05, 4.69) is 40.2 Å². The second-order valence-electron chi connectivity index (χ2n) is 1.78. The van der Waals surface area contributed by atoms with E-state index in [1.807, 2.05) is 0 Å². The topological polar surface area (TPSA) is 18.5 Å². The molecule has 1 aromatic carbocycles. The van der Waals surface area contributed by atoms with Crippen molar-refractivity contribution >= 4 is 32.5 Å². The fourth-order valence-corrected chi connectivity index (χ4v) is 1.000. The van der Waals surface area contributed by atoms with Crippen LogP contribution in [-0.4, -0.2) is 0 Å². The first-order valence-electron chi connectivity index (χ1n) is 2.64. The van der Waals surface area contributed by atoms with Crippen LogP contribution in [0.2, 0.25) is 0 Å². The molecule has 0 saturated carbocycles. The molecule has 0 N–H and O–H groups in total. The zero-order chi connectivity index (χ0) is 8.27. The van der Waals surface area contributed by atoms with Gasteiger partial charge in [-0.2, -0.15) is 0 Å². The highest BCUT2D eigenvalue weighted by Crippen LogP contribution is 2.24. The van der Waals surface area contributed by atoms with E-state index in [9.17, 15) is 4.39 Å². The van der Waals surface area contributed by atoms with Crippen molar-refractivity contribution in [2.24, 2.45) is 0 Å². The minimum atomic E-state index is -0.420. The second kappa shape index (κ2) is 3.92. The van der Waals surface area contributed by atoms with Crippen molar-refractivity contribution < 1.29 is 12.0 Å². The third kappa shape index (κ3) is 2.34. The van der Waals surface area contributed by atoms with Crippen LogP contribution in [0, 0.1) is 5.82 Å². The number of halogens is 3. The maximum absolute atomic E-state index is 12.6. The normalized spacial score (nSPS) is 9.36. The van der Waals surface area contributed by atoms with Gasteiger partial charge in [-0.05, 0) is 0 Å². The molecule has 11 heavy (non-hydrogen) atoms. The molecule has 5 heteroatoms. The minimum absolute atomic E-state index is 0.347. The fourth-order valence-electron chi connectivity index (χ4n) is 0.626. The van der Waals surface area contributed by atoms with Gasteiger partial charge in [0, 0.05) is 18.2 Å². The number of rotatable bonds is 2. The van der Waals surface area contributed by atoms with Gasteiger partial charge < -0.3 is 7.66 Å². The molecule has 0 aliphatic heterocycles. The quantitative estimate of drug-likeness (QED) is 0.831. The molecule has 0 bridgehead atoms. The highest BCUT2D eigenvalue weighted by Gasteiger charge is 2.00. The number of hydrogen-bond donors (Lipinski definition) is 0. The standard InChI is InChI=1S/C6H3Br2FO2/c7-10-5-1-4(9)2-6(3-5)11-8/h1-3H. The maximum Gasteiger partial charge on any atom is 0.179 e. The van der Waals surface area contributed by atoms with Gasteiger partial charge in [-0.15, -0.1) is 0 Å². The van der Waals surface area contributed by atoms with E-state index in [0.29, 0.717) is 11.5 Å². The molecule has 0 amide bonds. The lowest BCUT2D eigenvalue weighted by Crippen LogP contribution is -1.80. The average molecular weight is 286 g/mol. The summed E-state index contributed by atoms with van der Waals surface area (Å²) in [5.74, 6) is 0.273. The van der Waals surface area contributed by atoms with Gasteiger partial charge in [0.1, 0.15) is 17.3 Å². The zero-order valence-electron chi connectivity index (χ0n) is 5.18. The van der Waals surface area contributed by atoms with Crippen molar-refractivity contribution in [3.05, 3.63) is 24.0 Å². The van der Waals surface area contributed by atoms with Crippen molar-refractivity contribution in [2.45, 2.75) is 0 Å². The summed E-state index contributed by atoms with van der Waals surface area (Å²) in [7, 11) is 0. The summed E-state index contributed by atoms with van der Waals surface area (Å²) in [6.45, 7) is 0. The van der Waals surface area contributed by atoms with Crippen LogP contribution in [0.5, 0.6) is 11.5 Å². The molecule has 0 aliphatic carbocycles. The van der Waals surface area contributed by atoms with Crippen LogP contribution >= 0.6 is 32.5 Å². The van der Waals surface area contributed by atoms with E-state index in [1.165, 1.54) is 18.2 Å². The third-order valence-corrected chi connectivity index (χ3v) is 1.77. The van der Waals surface area contributed by atoms with Gasteiger partial charge in [-0.25, -0.2) is 4.39 Å². The molecule has 0 radical (unpaired) electrons. The molecule has 0 spiro atoms. The Labute approximate surface area is 80.2 Å². The Hall–Kier alpha value is -0.290. The molecule has 0 unspecified atom stereocenters. The fraction of sp³-hybridized carbons (Fsp3) is 0. The summed E-state index contributed by atoms with van der Waals surface area (Å²) in [5.41, 5.74) is 0. The summed E-state index contributed by atoms with van der Waals surface area (Å²) >= 11 is 5.43. The van der Waals surface area contributed by atoms with Crippen LogP contribution in [0.1, 0.15) is 0 Å². The molecule has 0 heterocycles. The second-order valence-corrected chi connectivity index (χ2v) is 2.42. The zero-order valence-corrected chi connectivity index (χ0v) is 8.35. The largest absolute Gasteiger partial charge is 0.418 e. The van der Waals surface area contributed by atoms with E-state index >= 15 is 0 Å². The lowest BCUT2D eigenvalue weighted by Gasteiger charge is -1.99. The van der Waals surface area contributed by atoms with E-state index in [0.717, 1.165) is 0 Å². The van der Waals surface area contributed by atoms with Crippen molar-refractivity contribution in [1.29, 1.82) is 0 Å². The maximum atomic E-state index is 12.6. The van der Waals surface area contributed by atoms with E-state index in [1.54, 1.807) is 0 Å². The van der Waals surface area contributed by atoms with Gasteiger partial charge in [0.15, 0.2) is 32.5 Å². The van der Waals surface area contributed by atoms with Gasteiger partial charge >= 0.3 is 0 Å². The lowest BCUT2D eigenvalue weighted by molar-refractivity contribution is 0.589. The highest BCUT2D eigenvalue weighted by atomic mass is 79.9. The van der Waals surface area contributed by atoms with E-state index in [4.69, 9.17) is 0 Å². The van der Waals surface area contributed by atoms with Gasteiger partial charge in [0.25, 0.3) is 0 Å². The Morgan fingerprint density at radius 2 is 1.45 bits per heavy atom. The molecule has 0 saturated heterocycles. The smallest absolute Gasteiger partial charge is 0.179 e. The average Bonchev–Trinajstić information content (AvgIpc) is 2.03. The SMILES string of the molecule is Fc1cc(OBr)cc(OBr)c1. The van der Waals surface area contributed by atoms with Crippen molar-refractivity contribution in [1.82, 2.24) is 0 Å². The molecule has 60 valence electrons. The predicted molar refractivity (Wildman–Crippen MR) is 45.5 cm³/mol. The summed E-state index contributed by atoms with van der Waals surface area (Å²) < 4.78 is 21.8. The van der Waals surface area contributed by atoms with Gasteiger partial charge in [-0.1, -0.05) is 0 Å². The predicted octanol–water partition coefficient (Wildman–Crippen LogP) is 3.20. The molecule has 0 aromatic heterocycles. The van der Waals surface area contributed by atoms with Crippen molar-refractivity contribution in [3.63, 3.8) is 0 Å². The monoisotopic (exact) mass is 284 g/mol. The Morgan fingerprint density at radius 1 is 1.00 bits per heavy atom. The van der Waals surface area contributed by atoms with Crippen LogP contribution in [0.25, 0.3) is 0 Å². The Morgan fingerprint density at radius 3 is 1.82 bits per heavy atom. The Bertz CT molecular complexity index is 232. The first kappa shape index (κ1) is 8.80. The van der Waals surface area contributed by atoms with Crippen LogP contribution in [0.4, 0.5) is 4.39 Å². The van der Waals surface area contributed by atoms with Gasteiger partial charge in [0.2, 0.25) is 0 Å². The summed E-state index contributed by atoms with van der Waals surface area (Å²) in [5, 5.41) is 0. The van der Waals surface area contributed by atoms with Gasteiger partial charge in [0.05, 0.1) is 0 Å². The summed E-state index contributed by atoms with van der Waals surface area (Å²) in [4.78, 5) is 0. The van der Waals surface area contributed by atoms with Crippen molar-refractivity contribution in [3.8, 4) is 11.5 Å². The first-order chi connectivity index (χ1) is 5.26. The van der Waals surface area contributed by atoms with Crippen LogP contribution in [0.3, 0.4) is 0 Å². The van der Waals surface area contributed by atoms with E-state index in [-0.39, 0.29) is 0 Å². The molecule has 0 aliphatic rings. The van der Waals surface area contributed by atoms with Gasteiger partial charge in [-0.3, -0.25) is 0 Å². The third-order valence-electron chi connectivity index (χ3n) is 1.02. The number of hydrogen-bond acceptors (Lipinski definition) is 2.